The molecule has 0 aliphatic carbocycles. The Labute approximate surface area is 193 Å². The number of hydrogen-bond acceptors (Lipinski definition) is 3. The normalized spacial score (nSPS) is 22.0. The van der Waals surface area contributed by atoms with Gasteiger partial charge in [-0.25, -0.2) is 0 Å². The van der Waals surface area contributed by atoms with Crippen LogP contribution in [0.4, 0.5) is 0 Å². The van der Waals surface area contributed by atoms with Crippen LogP contribution in [-0.2, 0) is 10.2 Å². The van der Waals surface area contributed by atoms with E-state index in [2.05, 4.69) is 49.2 Å². The average molecular weight is 515 g/mol. The number of hydrogen-bond donors (Lipinski definition) is 1. The zero-order valence-corrected chi connectivity index (χ0v) is 20.8. The number of guanidine groups is 1. The molecule has 2 saturated heterocycles. The molecule has 0 spiro atoms. The number of nitrogens with one attached hydrogen (secondary N) is 1. The smallest absolute Gasteiger partial charge is 0.193 e. The molecule has 1 aromatic rings. The summed E-state index contributed by atoms with van der Waals surface area (Å²) in [5.74, 6) is 2.76. The lowest BCUT2D eigenvalue weighted by atomic mass is 9.73. The number of halogens is 1. The maximum Gasteiger partial charge on any atom is 0.193 e. The lowest BCUT2D eigenvalue weighted by Crippen LogP contribution is -2.47. The highest BCUT2D eigenvalue weighted by molar-refractivity contribution is 14.0. The van der Waals surface area contributed by atoms with Crippen LogP contribution in [0.2, 0.25) is 0 Å². The summed E-state index contributed by atoms with van der Waals surface area (Å²) in [4.78, 5) is 7.61. The van der Waals surface area contributed by atoms with Gasteiger partial charge in [-0.2, -0.15) is 0 Å². The summed E-state index contributed by atoms with van der Waals surface area (Å²) >= 11 is 0. The van der Waals surface area contributed by atoms with Crippen molar-refractivity contribution in [3.63, 3.8) is 0 Å². The number of ether oxygens (including phenoxy) is 2. The minimum absolute atomic E-state index is 0. The molecule has 5 nitrogen and oxygen atoms in total. The number of likely N-dealkylation sites (tertiary alicyclic amines) is 1. The molecule has 1 aromatic carbocycles. The third kappa shape index (κ3) is 6.00. The second kappa shape index (κ2) is 11.4. The van der Waals surface area contributed by atoms with Crippen LogP contribution in [0.5, 0.6) is 5.75 Å². The van der Waals surface area contributed by atoms with Gasteiger partial charge in [0.15, 0.2) is 5.96 Å². The van der Waals surface area contributed by atoms with Crippen LogP contribution < -0.4 is 10.1 Å². The fraction of sp³-hybridized carbons (Fsp3) is 0.696. The first-order valence-electron chi connectivity index (χ1n) is 10.8. The average Bonchev–Trinajstić information content (AvgIpc) is 2.72. The van der Waals surface area contributed by atoms with Gasteiger partial charge in [-0.3, -0.25) is 4.99 Å². The van der Waals surface area contributed by atoms with Crippen molar-refractivity contribution in [1.82, 2.24) is 10.2 Å². The molecule has 2 aliphatic rings. The minimum Gasteiger partial charge on any atom is -0.496 e. The molecule has 0 aromatic heterocycles. The molecule has 2 fully saturated rings. The second-order valence-electron chi connectivity index (χ2n) is 8.46. The third-order valence-corrected chi connectivity index (χ3v) is 6.20. The van der Waals surface area contributed by atoms with Gasteiger partial charge in [-0.1, -0.05) is 24.6 Å². The number of rotatable bonds is 5. The highest BCUT2D eigenvalue weighted by Gasteiger charge is 2.37. The second-order valence-corrected chi connectivity index (χ2v) is 8.46. The number of piperidine rings is 1. The fourth-order valence-corrected chi connectivity index (χ4v) is 4.54. The van der Waals surface area contributed by atoms with Crippen LogP contribution in [-0.4, -0.2) is 57.4 Å². The van der Waals surface area contributed by atoms with E-state index in [1.165, 1.54) is 24.0 Å². The number of benzene rings is 1. The van der Waals surface area contributed by atoms with Crippen molar-refractivity contribution in [2.45, 2.75) is 51.9 Å². The van der Waals surface area contributed by atoms with Crippen molar-refractivity contribution in [1.29, 1.82) is 0 Å². The maximum absolute atomic E-state index is 5.75. The van der Waals surface area contributed by atoms with Crippen molar-refractivity contribution in [2.75, 3.05) is 46.5 Å². The summed E-state index contributed by atoms with van der Waals surface area (Å²) in [6.45, 7) is 12.1. The predicted octanol–water partition coefficient (Wildman–Crippen LogP) is 4.37. The van der Waals surface area contributed by atoms with Crippen molar-refractivity contribution in [2.24, 2.45) is 10.9 Å². The number of aliphatic imine (C=N–C) groups is 1. The van der Waals surface area contributed by atoms with Gasteiger partial charge in [0, 0.05) is 43.8 Å². The molecule has 0 radical (unpaired) electrons. The quantitative estimate of drug-likeness (QED) is 0.360. The van der Waals surface area contributed by atoms with E-state index in [0.29, 0.717) is 0 Å². The van der Waals surface area contributed by atoms with Crippen molar-refractivity contribution in [3.8, 4) is 5.75 Å². The summed E-state index contributed by atoms with van der Waals surface area (Å²) in [6, 6.07) is 6.51. The molecule has 1 unspecified atom stereocenters. The Kier molecular flexibility index (Phi) is 9.53. The van der Waals surface area contributed by atoms with Gasteiger partial charge < -0.3 is 19.7 Å². The van der Waals surface area contributed by atoms with Crippen molar-refractivity contribution in [3.05, 3.63) is 29.3 Å². The number of aryl methyl sites for hydroxylation is 1. The van der Waals surface area contributed by atoms with E-state index in [0.717, 1.165) is 69.9 Å². The monoisotopic (exact) mass is 515 g/mol. The summed E-state index contributed by atoms with van der Waals surface area (Å²) in [5, 5.41) is 3.53. The Hall–Kier alpha value is -1.02. The molecule has 1 atom stereocenters. The maximum atomic E-state index is 5.75. The van der Waals surface area contributed by atoms with Crippen molar-refractivity contribution < 1.29 is 9.47 Å². The number of methoxy groups -OCH3 is 1. The molecule has 0 saturated carbocycles. The van der Waals surface area contributed by atoms with Crippen molar-refractivity contribution >= 4 is 29.9 Å². The van der Waals surface area contributed by atoms with E-state index in [9.17, 15) is 0 Å². The molecule has 1 N–H and O–H groups in total. The summed E-state index contributed by atoms with van der Waals surface area (Å²) in [7, 11) is 1.77. The zero-order valence-electron chi connectivity index (χ0n) is 18.5. The molecule has 6 heteroatoms. The van der Waals surface area contributed by atoms with E-state index in [-0.39, 0.29) is 29.4 Å². The van der Waals surface area contributed by atoms with Crippen LogP contribution in [0.25, 0.3) is 0 Å². The van der Waals surface area contributed by atoms with Crippen LogP contribution in [0.1, 0.15) is 50.7 Å². The summed E-state index contributed by atoms with van der Waals surface area (Å²) < 4.78 is 11.5. The van der Waals surface area contributed by atoms with Gasteiger partial charge in [0.25, 0.3) is 0 Å². The molecule has 2 aliphatic heterocycles. The van der Waals surface area contributed by atoms with Gasteiger partial charge in [0.05, 0.1) is 13.7 Å². The SMILES string of the molecule is CCNC(=NCC1(c2cc(C)ccc2OC)CCOCC1)N1CCCC(C)C1.I. The molecule has 0 amide bonds. The topological polar surface area (TPSA) is 46.1 Å². The van der Waals surface area contributed by atoms with Crippen LogP contribution in [0.15, 0.2) is 23.2 Å². The Morgan fingerprint density at radius 3 is 2.76 bits per heavy atom. The lowest BCUT2D eigenvalue weighted by molar-refractivity contribution is 0.0521. The highest BCUT2D eigenvalue weighted by Crippen LogP contribution is 2.40. The summed E-state index contributed by atoms with van der Waals surface area (Å²) in [5.41, 5.74) is 2.52. The molecule has 3 rings (SSSR count). The first kappa shape index (κ1) is 24.3. The van der Waals surface area contributed by atoms with Gasteiger partial charge in [0.1, 0.15) is 5.75 Å². The van der Waals surface area contributed by atoms with Gasteiger partial charge >= 0.3 is 0 Å². The Morgan fingerprint density at radius 1 is 1.34 bits per heavy atom. The first-order valence-corrected chi connectivity index (χ1v) is 10.8. The zero-order chi connectivity index (χ0) is 20.0. The van der Waals surface area contributed by atoms with Crippen LogP contribution in [0, 0.1) is 12.8 Å². The van der Waals surface area contributed by atoms with Gasteiger partial charge in [0.2, 0.25) is 0 Å². The summed E-state index contributed by atoms with van der Waals surface area (Å²) in [6.07, 6.45) is 4.52. The molecular formula is C23H38IN3O2. The Balaban J connectivity index is 0.00000300. The highest BCUT2D eigenvalue weighted by atomic mass is 127. The molecular weight excluding hydrogens is 477 g/mol. The minimum atomic E-state index is -0.0301. The molecule has 29 heavy (non-hydrogen) atoms. The van der Waals surface area contributed by atoms with E-state index in [4.69, 9.17) is 14.5 Å². The molecule has 2 heterocycles. The van der Waals surface area contributed by atoms with E-state index in [1.807, 2.05) is 0 Å². The van der Waals surface area contributed by atoms with Crippen LogP contribution in [0.3, 0.4) is 0 Å². The number of nitrogens with zero attached hydrogens (tertiary/aromatic N) is 2. The van der Waals surface area contributed by atoms with E-state index in [1.54, 1.807) is 7.11 Å². The predicted molar refractivity (Wildman–Crippen MR) is 131 cm³/mol. The molecule has 0 bridgehead atoms. The Morgan fingerprint density at radius 2 is 2.10 bits per heavy atom. The molecule has 164 valence electrons. The third-order valence-electron chi connectivity index (χ3n) is 6.20. The van der Waals surface area contributed by atoms with E-state index >= 15 is 0 Å². The van der Waals surface area contributed by atoms with Crippen LogP contribution >= 0.6 is 24.0 Å². The lowest BCUT2D eigenvalue weighted by Gasteiger charge is -2.39. The Bertz CT molecular complexity index is 674. The van der Waals surface area contributed by atoms with Gasteiger partial charge in [-0.05, 0) is 51.5 Å². The standard InChI is InChI=1S/C23H37N3O2.HI/c1-5-24-22(26-12-6-7-19(3)16-26)25-17-23(10-13-28-14-11-23)20-15-18(2)8-9-21(20)27-4;/h8-9,15,19H,5-7,10-14,16-17H2,1-4H3,(H,24,25);1H. The largest absolute Gasteiger partial charge is 0.496 e. The first-order chi connectivity index (χ1) is 13.6. The van der Waals surface area contributed by atoms with E-state index < -0.39 is 0 Å². The van der Waals surface area contributed by atoms with Gasteiger partial charge in [-0.15, -0.1) is 24.0 Å². The fourth-order valence-electron chi connectivity index (χ4n) is 4.54.